The highest BCUT2D eigenvalue weighted by Crippen LogP contribution is 2.44. The van der Waals surface area contributed by atoms with Gasteiger partial charge in [0, 0.05) is 22.5 Å². The second-order valence-corrected chi connectivity index (χ2v) is 7.66. The molecule has 3 nitrogen and oxygen atoms in total. The Morgan fingerprint density at radius 3 is 2.62 bits per heavy atom. The number of aldehydes is 1. The highest BCUT2D eigenvalue weighted by molar-refractivity contribution is 7.99. The summed E-state index contributed by atoms with van der Waals surface area (Å²) in [5, 5.41) is 0.932. The van der Waals surface area contributed by atoms with E-state index >= 15 is 0 Å². The summed E-state index contributed by atoms with van der Waals surface area (Å²) in [6, 6.07) is 8.44. The molecule has 1 N–H and O–H groups in total. The van der Waals surface area contributed by atoms with Crippen LogP contribution in [0.15, 0.2) is 34.1 Å². The minimum Gasteiger partial charge on any atom is -0.307 e. The number of thiazole rings is 1. The summed E-state index contributed by atoms with van der Waals surface area (Å²) >= 11 is 2.80. The van der Waals surface area contributed by atoms with Gasteiger partial charge in [-0.05, 0) is 17.0 Å². The van der Waals surface area contributed by atoms with Gasteiger partial charge in [0.05, 0.1) is 5.03 Å². The van der Waals surface area contributed by atoms with Crippen LogP contribution in [-0.2, 0) is 4.79 Å². The highest BCUT2D eigenvalue weighted by atomic mass is 32.2. The Morgan fingerprint density at radius 2 is 2.00 bits per heavy atom. The van der Waals surface area contributed by atoms with Crippen LogP contribution in [0.5, 0.6) is 0 Å². The van der Waals surface area contributed by atoms with E-state index in [9.17, 15) is 9.59 Å². The number of carbonyl (C=O) groups excluding carboxylic acids is 1. The predicted octanol–water partition coefficient (Wildman–Crippen LogP) is 3.61. The predicted molar refractivity (Wildman–Crippen MR) is 87.6 cm³/mol. The number of rotatable bonds is 3. The smallest absolute Gasteiger partial charge is 0.305 e. The molecule has 0 fully saturated rings. The SMILES string of the molecule is CC(C)c1ccc([C@H]2c3sc(=O)[nH]c3SC[C@@H]2C=O)cc1. The topological polar surface area (TPSA) is 49.9 Å². The second-order valence-electron chi connectivity index (χ2n) is 5.62. The van der Waals surface area contributed by atoms with E-state index in [4.69, 9.17) is 0 Å². The summed E-state index contributed by atoms with van der Waals surface area (Å²) in [6.45, 7) is 4.33. The van der Waals surface area contributed by atoms with E-state index in [0.717, 1.165) is 27.5 Å². The molecule has 0 aliphatic carbocycles. The van der Waals surface area contributed by atoms with Gasteiger partial charge in [-0.3, -0.25) is 4.79 Å². The molecule has 1 aromatic carbocycles. The van der Waals surface area contributed by atoms with E-state index in [1.807, 2.05) is 0 Å². The fraction of sp³-hybridized carbons (Fsp3) is 0.375. The van der Waals surface area contributed by atoms with E-state index < -0.39 is 0 Å². The number of thioether (sulfide) groups is 1. The Kier molecular flexibility index (Phi) is 4.04. The van der Waals surface area contributed by atoms with Gasteiger partial charge in [0.2, 0.25) is 0 Å². The van der Waals surface area contributed by atoms with Crippen LogP contribution in [0.1, 0.15) is 41.7 Å². The molecule has 5 heteroatoms. The Hall–Kier alpha value is -1.33. The van der Waals surface area contributed by atoms with E-state index in [-0.39, 0.29) is 16.7 Å². The largest absolute Gasteiger partial charge is 0.307 e. The first-order valence-electron chi connectivity index (χ1n) is 7.01. The standard InChI is InChI=1S/C16H17NO2S2/c1-9(2)10-3-5-11(6-4-10)13-12(7-18)8-20-15-14(13)21-16(19)17-15/h3-7,9,12-13H,8H2,1-2H3,(H,17,19)/t12-,13+/m0/s1. The molecule has 3 rings (SSSR count). The lowest BCUT2D eigenvalue weighted by molar-refractivity contribution is -0.110. The fourth-order valence-corrected chi connectivity index (χ4v) is 5.08. The van der Waals surface area contributed by atoms with Gasteiger partial charge in [0.1, 0.15) is 6.29 Å². The van der Waals surface area contributed by atoms with Crippen LogP contribution in [0.3, 0.4) is 0 Å². The molecule has 0 unspecified atom stereocenters. The third-order valence-corrected chi connectivity index (χ3v) is 6.17. The molecular formula is C16H17NO2S2. The monoisotopic (exact) mass is 319 g/mol. The normalized spacial score (nSPS) is 21.3. The third kappa shape index (κ3) is 2.72. The molecule has 2 heterocycles. The molecule has 1 aliphatic heterocycles. The van der Waals surface area contributed by atoms with Gasteiger partial charge in [-0.15, -0.1) is 11.8 Å². The maximum Gasteiger partial charge on any atom is 0.305 e. The van der Waals surface area contributed by atoms with Crippen molar-refractivity contribution in [2.45, 2.75) is 30.7 Å². The molecule has 1 aromatic heterocycles. The van der Waals surface area contributed by atoms with Gasteiger partial charge in [0.15, 0.2) is 0 Å². The molecule has 21 heavy (non-hydrogen) atoms. The Labute approximate surface area is 131 Å². The van der Waals surface area contributed by atoms with Crippen LogP contribution in [0.2, 0.25) is 0 Å². The summed E-state index contributed by atoms with van der Waals surface area (Å²) in [5.74, 6) is 1.14. The number of hydrogen-bond acceptors (Lipinski definition) is 4. The molecule has 0 amide bonds. The Balaban J connectivity index is 2.05. The number of nitrogens with one attached hydrogen (secondary N) is 1. The molecule has 0 bridgehead atoms. The van der Waals surface area contributed by atoms with Crippen LogP contribution < -0.4 is 4.87 Å². The molecule has 110 valence electrons. The maximum atomic E-state index is 11.6. The van der Waals surface area contributed by atoms with Crippen molar-refractivity contribution < 1.29 is 4.79 Å². The zero-order chi connectivity index (χ0) is 15.0. The van der Waals surface area contributed by atoms with Crippen molar-refractivity contribution >= 4 is 29.4 Å². The first kappa shape index (κ1) is 14.6. The molecule has 0 spiro atoms. The number of H-pyrrole nitrogens is 1. The van der Waals surface area contributed by atoms with Gasteiger partial charge in [0.25, 0.3) is 0 Å². The third-order valence-electron chi connectivity index (χ3n) is 3.91. The van der Waals surface area contributed by atoms with Gasteiger partial charge in [-0.25, -0.2) is 0 Å². The highest BCUT2D eigenvalue weighted by Gasteiger charge is 2.33. The molecule has 0 saturated carbocycles. The van der Waals surface area contributed by atoms with Crippen molar-refractivity contribution in [2.24, 2.45) is 5.92 Å². The van der Waals surface area contributed by atoms with Crippen LogP contribution >= 0.6 is 23.1 Å². The first-order valence-corrected chi connectivity index (χ1v) is 8.81. The van der Waals surface area contributed by atoms with Crippen molar-refractivity contribution in [1.82, 2.24) is 4.98 Å². The minimum absolute atomic E-state index is 0.00362. The number of hydrogen-bond donors (Lipinski definition) is 1. The lowest BCUT2D eigenvalue weighted by Crippen LogP contribution is -2.21. The Morgan fingerprint density at radius 1 is 1.29 bits per heavy atom. The lowest BCUT2D eigenvalue weighted by atomic mass is 9.85. The zero-order valence-corrected chi connectivity index (χ0v) is 13.6. The molecule has 1 aliphatic rings. The van der Waals surface area contributed by atoms with E-state index in [0.29, 0.717) is 5.92 Å². The summed E-state index contributed by atoms with van der Waals surface area (Å²) in [7, 11) is 0. The number of benzene rings is 1. The summed E-state index contributed by atoms with van der Waals surface area (Å²) in [4.78, 5) is 26.9. The Bertz CT molecular complexity index is 700. The van der Waals surface area contributed by atoms with Crippen molar-refractivity contribution in [3.8, 4) is 0 Å². The van der Waals surface area contributed by atoms with Crippen molar-refractivity contribution in [3.05, 3.63) is 49.9 Å². The van der Waals surface area contributed by atoms with Gasteiger partial charge >= 0.3 is 4.87 Å². The molecule has 2 atom stereocenters. The van der Waals surface area contributed by atoms with Crippen LogP contribution in [0.25, 0.3) is 0 Å². The van der Waals surface area contributed by atoms with Gasteiger partial charge in [-0.1, -0.05) is 49.4 Å². The van der Waals surface area contributed by atoms with Crippen molar-refractivity contribution in [3.63, 3.8) is 0 Å². The molecule has 2 aromatic rings. The zero-order valence-electron chi connectivity index (χ0n) is 12.0. The summed E-state index contributed by atoms with van der Waals surface area (Å²) in [5.41, 5.74) is 2.40. The minimum atomic E-state index is -0.0705. The lowest BCUT2D eigenvalue weighted by Gasteiger charge is -2.27. The molecular weight excluding hydrogens is 302 g/mol. The molecule has 0 radical (unpaired) electrons. The van der Waals surface area contributed by atoms with Crippen molar-refractivity contribution in [1.29, 1.82) is 0 Å². The maximum absolute atomic E-state index is 11.6. The number of aromatic amines is 1. The first-order chi connectivity index (χ1) is 10.1. The van der Waals surface area contributed by atoms with Gasteiger partial charge < -0.3 is 9.78 Å². The molecule has 0 saturated heterocycles. The number of aromatic nitrogens is 1. The van der Waals surface area contributed by atoms with E-state index in [1.54, 1.807) is 11.8 Å². The average molecular weight is 319 g/mol. The summed E-state index contributed by atoms with van der Waals surface area (Å²) in [6.07, 6.45) is 1.03. The van der Waals surface area contributed by atoms with Crippen molar-refractivity contribution in [2.75, 3.05) is 5.75 Å². The van der Waals surface area contributed by atoms with Crippen LogP contribution in [0, 0.1) is 5.92 Å². The number of fused-ring (bicyclic) bond motifs is 1. The van der Waals surface area contributed by atoms with Crippen LogP contribution in [0.4, 0.5) is 0 Å². The average Bonchev–Trinajstić information content (AvgIpc) is 2.86. The summed E-state index contributed by atoms with van der Waals surface area (Å²) < 4.78 is 0. The van der Waals surface area contributed by atoms with Crippen LogP contribution in [-0.4, -0.2) is 17.0 Å². The number of carbonyl (C=O) groups is 1. The van der Waals surface area contributed by atoms with Gasteiger partial charge in [-0.2, -0.15) is 0 Å². The van der Waals surface area contributed by atoms with E-state index in [1.165, 1.54) is 16.9 Å². The quantitative estimate of drug-likeness (QED) is 0.879. The second kappa shape index (κ2) is 5.81. The fourth-order valence-electron chi connectivity index (χ4n) is 2.71. The van der Waals surface area contributed by atoms with E-state index in [2.05, 4.69) is 43.1 Å².